The van der Waals surface area contributed by atoms with Crippen LogP contribution < -0.4 is 4.90 Å². The Bertz CT molecular complexity index is 1750. The summed E-state index contributed by atoms with van der Waals surface area (Å²) in [6.07, 6.45) is 18.6. The van der Waals surface area contributed by atoms with Crippen molar-refractivity contribution in [3.63, 3.8) is 0 Å². The standard InChI is InChI=1S/C32H34N10O/c1-38-19-26(22-6-4-3-5-7-22)27(20-38)32(43)41-12-10-40(11-13-41)29-9-8-23(15-34-29)30-31-24(14-33)16-36-42(31)21-28(37-30)25-17-35-39(2)18-25/h3-6,8-9,15-18,21-22,26-27H,7,10-13,19-20H2,1-2H3/t22?,26-,27+/m0/s1. The molecule has 4 aromatic heterocycles. The maximum absolute atomic E-state index is 13.7. The molecule has 6 heterocycles. The fraction of sp³-hybridized carbons (Fsp3) is 0.375. The van der Waals surface area contributed by atoms with Gasteiger partial charge in [0.2, 0.25) is 5.91 Å². The van der Waals surface area contributed by atoms with Gasteiger partial charge in [0.05, 0.1) is 35.9 Å². The van der Waals surface area contributed by atoms with E-state index < -0.39 is 0 Å². The first-order chi connectivity index (χ1) is 21.0. The number of aromatic nitrogens is 6. The number of pyridine rings is 1. The lowest BCUT2D eigenvalue weighted by Gasteiger charge is -2.38. The number of nitriles is 1. The molecule has 3 aliphatic rings. The van der Waals surface area contributed by atoms with Crippen molar-refractivity contribution in [1.29, 1.82) is 5.26 Å². The van der Waals surface area contributed by atoms with Gasteiger partial charge < -0.3 is 14.7 Å². The third-order valence-electron chi connectivity index (χ3n) is 8.98. The van der Waals surface area contributed by atoms with Crippen molar-refractivity contribution in [3.8, 4) is 28.6 Å². The van der Waals surface area contributed by atoms with E-state index in [0.717, 1.165) is 49.5 Å². The number of carbonyl (C=O) groups is 1. The number of hydrogen-bond donors (Lipinski definition) is 0. The van der Waals surface area contributed by atoms with Crippen LogP contribution in [0.4, 0.5) is 5.82 Å². The molecule has 0 spiro atoms. The van der Waals surface area contributed by atoms with E-state index >= 15 is 0 Å². The molecular formula is C32H34N10O. The van der Waals surface area contributed by atoms with Gasteiger partial charge in [0.15, 0.2) is 0 Å². The summed E-state index contributed by atoms with van der Waals surface area (Å²) in [6.45, 7) is 4.64. The van der Waals surface area contributed by atoms with Crippen LogP contribution in [0.25, 0.3) is 28.0 Å². The Morgan fingerprint density at radius 1 is 0.977 bits per heavy atom. The third kappa shape index (κ3) is 5.08. The Morgan fingerprint density at radius 3 is 2.53 bits per heavy atom. The second-order valence-corrected chi connectivity index (χ2v) is 11.8. The first-order valence-electron chi connectivity index (χ1n) is 14.8. The second-order valence-electron chi connectivity index (χ2n) is 11.8. The van der Waals surface area contributed by atoms with Crippen LogP contribution in [0, 0.1) is 29.1 Å². The van der Waals surface area contributed by atoms with Crippen molar-refractivity contribution in [3.05, 3.63) is 73.0 Å². The van der Waals surface area contributed by atoms with Crippen molar-refractivity contribution in [2.75, 3.05) is 51.2 Å². The first kappa shape index (κ1) is 27.0. The summed E-state index contributed by atoms with van der Waals surface area (Å²) in [5.41, 5.74) is 4.11. The zero-order valence-electron chi connectivity index (χ0n) is 24.4. The molecule has 11 heteroatoms. The van der Waals surface area contributed by atoms with Crippen molar-refractivity contribution in [2.24, 2.45) is 24.8 Å². The number of hydrogen-bond acceptors (Lipinski definition) is 8. The highest BCUT2D eigenvalue weighted by Crippen LogP contribution is 2.35. The number of fused-ring (bicyclic) bond motifs is 1. The predicted octanol–water partition coefficient (Wildman–Crippen LogP) is 3.02. The summed E-state index contributed by atoms with van der Waals surface area (Å²) in [5, 5.41) is 18.4. The molecule has 4 aromatic rings. The molecule has 11 nitrogen and oxygen atoms in total. The fourth-order valence-electron chi connectivity index (χ4n) is 6.74. The number of amides is 1. The summed E-state index contributed by atoms with van der Waals surface area (Å²) in [4.78, 5) is 30.0. The maximum Gasteiger partial charge on any atom is 0.227 e. The van der Waals surface area contributed by atoms with Gasteiger partial charge >= 0.3 is 0 Å². The minimum absolute atomic E-state index is 0.0451. The Labute approximate surface area is 250 Å². The van der Waals surface area contributed by atoms with Crippen LogP contribution in [-0.2, 0) is 11.8 Å². The largest absolute Gasteiger partial charge is 0.353 e. The van der Waals surface area contributed by atoms with E-state index in [0.29, 0.717) is 47.4 Å². The third-order valence-corrected chi connectivity index (χ3v) is 8.98. The van der Waals surface area contributed by atoms with Gasteiger partial charge in [-0.15, -0.1) is 0 Å². The zero-order chi connectivity index (χ0) is 29.5. The highest BCUT2D eigenvalue weighted by Gasteiger charge is 2.41. The molecule has 2 aliphatic heterocycles. The van der Waals surface area contributed by atoms with Crippen LogP contribution in [0.2, 0.25) is 0 Å². The second kappa shape index (κ2) is 11.1. The summed E-state index contributed by atoms with van der Waals surface area (Å²) in [7, 11) is 3.99. The molecule has 0 N–H and O–H groups in total. The van der Waals surface area contributed by atoms with Gasteiger partial charge in [-0.2, -0.15) is 15.5 Å². The van der Waals surface area contributed by atoms with E-state index in [9.17, 15) is 10.1 Å². The van der Waals surface area contributed by atoms with Crippen LogP contribution in [0.5, 0.6) is 0 Å². The van der Waals surface area contributed by atoms with Crippen LogP contribution >= 0.6 is 0 Å². The number of rotatable bonds is 5. The zero-order valence-corrected chi connectivity index (χ0v) is 24.4. The van der Waals surface area contributed by atoms with Crippen LogP contribution in [0.3, 0.4) is 0 Å². The van der Waals surface area contributed by atoms with Gasteiger partial charge in [-0.05, 0) is 37.4 Å². The van der Waals surface area contributed by atoms with E-state index in [1.54, 1.807) is 21.6 Å². The molecule has 0 bridgehead atoms. The monoisotopic (exact) mass is 574 g/mol. The normalized spacial score (nSPS) is 22.4. The minimum Gasteiger partial charge on any atom is -0.353 e. The van der Waals surface area contributed by atoms with E-state index in [1.807, 2.05) is 37.8 Å². The van der Waals surface area contributed by atoms with Crippen molar-refractivity contribution < 1.29 is 4.79 Å². The molecule has 0 aromatic carbocycles. The molecule has 3 atom stereocenters. The van der Waals surface area contributed by atoms with Crippen molar-refractivity contribution in [1.82, 2.24) is 39.2 Å². The fourth-order valence-corrected chi connectivity index (χ4v) is 6.74. The van der Waals surface area contributed by atoms with Crippen LogP contribution in [0.15, 0.2) is 67.4 Å². The van der Waals surface area contributed by atoms with Gasteiger partial charge in [-0.25, -0.2) is 14.5 Å². The van der Waals surface area contributed by atoms with Gasteiger partial charge in [0, 0.05) is 69.8 Å². The Kier molecular flexibility index (Phi) is 6.99. The lowest BCUT2D eigenvalue weighted by molar-refractivity contribution is -0.137. The number of carbonyl (C=O) groups excluding carboxylic acids is 1. The van der Waals surface area contributed by atoms with Gasteiger partial charge in [-0.1, -0.05) is 24.3 Å². The van der Waals surface area contributed by atoms with Gasteiger partial charge in [0.25, 0.3) is 0 Å². The lowest BCUT2D eigenvalue weighted by Crippen LogP contribution is -2.51. The number of allylic oxidation sites excluding steroid dienone is 4. The molecule has 43 heavy (non-hydrogen) atoms. The average Bonchev–Trinajstić information content (AvgIpc) is 3.79. The smallest absolute Gasteiger partial charge is 0.227 e. The summed E-state index contributed by atoms with van der Waals surface area (Å²) < 4.78 is 3.42. The molecular weight excluding hydrogens is 540 g/mol. The molecule has 1 amide bonds. The molecule has 1 unspecified atom stereocenters. The number of aryl methyl sites for hydroxylation is 1. The Morgan fingerprint density at radius 2 is 1.84 bits per heavy atom. The average molecular weight is 575 g/mol. The van der Waals surface area contributed by atoms with E-state index in [2.05, 4.69) is 62.3 Å². The molecule has 0 radical (unpaired) electrons. The van der Waals surface area contributed by atoms with Crippen LogP contribution in [0.1, 0.15) is 12.0 Å². The predicted molar refractivity (Wildman–Crippen MR) is 163 cm³/mol. The highest BCUT2D eigenvalue weighted by molar-refractivity contribution is 5.83. The number of nitrogens with zero attached hydrogens (tertiary/aromatic N) is 10. The summed E-state index contributed by atoms with van der Waals surface area (Å²) in [5.74, 6) is 1.99. The lowest BCUT2D eigenvalue weighted by atomic mass is 9.80. The molecule has 0 saturated carbocycles. The van der Waals surface area contributed by atoms with Gasteiger partial charge in [0.1, 0.15) is 23.0 Å². The Hall–Kier alpha value is -4.82. The topological polar surface area (TPSA) is 111 Å². The minimum atomic E-state index is 0.0451. The molecule has 2 fully saturated rings. The first-order valence-corrected chi connectivity index (χ1v) is 14.8. The molecule has 7 rings (SSSR count). The number of piperazine rings is 1. The van der Waals surface area contributed by atoms with Crippen molar-refractivity contribution >= 4 is 17.2 Å². The Balaban J connectivity index is 1.07. The van der Waals surface area contributed by atoms with Gasteiger partial charge in [-0.3, -0.25) is 9.48 Å². The summed E-state index contributed by atoms with van der Waals surface area (Å²) in [6, 6.07) is 6.22. The van der Waals surface area contributed by atoms with E-state index in [1.165, 1.54) is 0 Å². The number of anilines is 1. The summed E-state index contributed by atoms with van der Waals surface area (Å²) >= 11 is 0. The van der Waals surface area contributed by atoms with E-state index in [-0.39, 0.29) is 11.8 Å². The SMILES string of the molecule is CN1C[C@@H](C(=O)N2CCN(c3ccc(-c4nc(-c5cnn(C)c5)cn5ncc(C#N)c45)cn3)CC2)[C@H](C2C=CC=CC2)C1. The maximum atomic E-state index is 13.7. The molecule has 2 saturated heterocycles. The molecule has 218 valence electrons. The number of likely N-dealkylation sites (tertiary alicyclic amines) is 1. The van der Waals surface area contributed by atoms with Crippen molar-refractivity contribution in [2.45, 2.75) is 6.42 Å². The van der Waals surface area contributed by atoms with Crippen LogP contribution in [-0.4, -0.2) is 91.4 Å². The van der Waals surface area contributed by atoms with E-state index in [4.69, 9.17) is 9.97 Å². The molecule has 1 aliphatic carbocycles. The highest BCUT2D eigenvalue weighted by atomic mass is 16.2. The quantitative estimate of drug-likeness (QED) is 0.358.